The maximum Gasteiger partial charge on any atom is 0.222 e. The van der Waals surface area contributed by atoms with Gasteiger partial charge >= 0.3 is 0 Å². The average Bonchev–Trinajstić information content (AvgIpc) is 3.00. The number of imidazole rings is 1. The van der Waals surface area contributed by atoms with Gasteiger partial charge in [0.25, 0.3) is 0 Å². The third kappa shape index (κ3) is 2.88. The second-order valence-electron chi connectivity index (χ2n) is 5.80. The first-order chi connectivity index (χ1) is 11.7. The minimum atomic E-state index is 0.686. The number of fused-ring (bicyclic) bond motifs is 1. The Morgan fingerprint density at radius 2 is 1.88 bits per heavy atom. The molecule has 0 atom stereocenters. The number of nitrogens with one attached hydrogen (secondary N) is 1. The van der Waals surface area contributed by atoms with E-state index in [4.69, 9.17) is 11.6 Å². The molecule has 0 fully saturated rings. The standard InChI is InChI=1S/C19H15ClN4/c1-13-4-2-3-5-16(13)19-22-17-10-21-24(12-18(17)23-19)11-14-6-8-15(20)9-7-14/h2-10,12H,11H2,1H3/p+1. The van der Waals surface area contributed by atoms with Crippen LogP contribution in [0.15, 0.2) is 60.9 Å². The SMILES string of the molecule is Cc1ccccc1-c1nc2cn[n+](Cc3ccc(Cl)cc3)cc2[nH]1. The molecule has 0 aliphatic carbocycles. The van der Waals surface area contributed by atoms with Gasteiger partial charge in [-0.1, -0.05) is 52.7 Å². The van der Waals surface area contributed by atoms with Gasteiger partial charge in [-0.15, -0.1) is 0 Å². The minimum absolute atomic E-state index is 0.686. The Labute approximate surface area is 144 Å². The van der Waals surface area contributed by atoms with Gasteiger partial charge in [-0.2, -0.15) is 0 Å². The number of H-pyrrole nitrogens is 1. The van der Waals surface area contributed by atoms with Crippen LogP contribution in [-0.2, 0) is 6.54 Å². The van der Waals surface area contributed by atoms with Crippen molar-refractivity contribution in [3.05, 3.63) is 77.1 Å². The van der Waals surface area contributed by atoms with E-state index in [2.05, 4.69) is 34.1 Å². The van der Waals surface area contributed by atoms with Crippen LogP contribution in [0.5, 0.6) is 0 Å². The maximum atomic E-state index is 5.93. The molecule has 2 heterocycles. The smallest absolute Gasteiger partial charge is 0.222 e. The molecule has 0 saturated carbocycles. The van der Waals surface area contributed by atoms with Gasteiger partial charge < -0.3 is 4.98 Å². The summed E-state index contributed by atoms with van der Waals surface area (Å²) in [4.78, 5) is 8.05. The lowest BCUT2D eigenvalue weighted by Crippen LogP contribution is -2.37. The molecule has 0 spiro atoms. The summed E-state index contributed by atoms with van der Waals surface area (Å²) >= 11 is 5.93. The summed E-state index contributed by atoms with van der Waals surface area (Å²) in [5.41, 5.74) is 5.28. The van der Waals surface area contributed by atoms with E-state index in [0.717, 1.165) is 33.0 Å². The monoisotopic (exact) mass is 335 g/mol. The Hall–Kier alpha value is -2.72. The molecule has 0 amide bonds. The molecule has 1 N–H and O–H groups in total. The number of halogens is 1. The number of aromatic amines is 1. The number of benzene rings is 2. The Bertz CT molecular complexity index is 1010. The molecule has 2 aromatic carbocycles. The lowest BCUT2D eigenvalue weighted by Gasteiger charge is -2.00. The van der Waals surface area contributed by atoms with E-state index in [1.165, 1.54) is 5.56 Å². The van der Waals surface area contributed by atoms with Gasteiger partial charge in [0.2, 0.25) is 6.20 Å². The van der Waals surface area contributed by atoms with Crippen molar-refractivity contribution in [1.29, 1.82) is 0 Å². The third-order valence-electron chi connectivity index (χ3n) is 4.03. The molecule has 4 nitrogen and oxygen atoms in total. The van der Waals surface area contributed by atoms with Gasteiger partial charge in [0.15, 0.2) is 6.54 Å². The first-order valence-corrected chi connectivity index (χ1v) is 8.13. The van der Waals surface area contributed by atoms with Gasteiger partial charge in [0, 0.05) is 16.1 Å². The van der Waals surface area contributed by atoms with Gasteiger partial charge in [-0.3, -0.25) is 0 Å². The zero-order chi connectivity index (χ0) is 16.5. The Morgan fingerprint density at radius 1 is 1.08 bits per heavy atom. The molecular weight excluding hydrogens is 320 g/mol. The highest BCUT2D eigenvalue weighted by molar-refractivity contribution is 6.30. The molecule has 5 heteroatoms. The summed E-state index contributed by atoms with van der Waals surface area (Å²) in [5.74, 6) is 0.870. The van der Waals surface area contributed by atoms with Crippen molar-refractivity contribution in [3.8, 4) is 11.4 Å². The molecule has 4 aromatic rings. The van der Waals surface area contributed by atoms with Gasteiger partial charge in [-0.05, 0) is 29.7 Å². The van der Waals surface area contributed by atoms with Gasteiger partial charge in [0.1, 0.15) is 23.1 Å². The molecule has 2 aromatic heterocycles. The molecule has 0 saturated heterocycles. The molecular formula is C19H16ClN4+. The lowest BCUT2D eigenvalue weighted by molar-refractivity contribution is -0.745. The van der Waals surface area contributed by atoms with Crippen LogP contribution in [0.4, 0.5) is 0 Å². The Morgan fingerprint density at radius 3 is 2.67 bits per heavy atom. The molecule has 0 aliphatic rings. The van der Waals surface area contributed by atoms with E-state index in [9.17, 15) is 0 Å². The van der Waals surface area contributed by atoms with Crippen LogP contribution in [0, 0.1) is 6.92 Å². The van der Waals surface area contributed by atoms with Gasteiger partial charge in [-0.25, -0.2) is 4.98 Å². The van der Waals surface area contributed by atoms with Crippen molar-refractivity contribution < 1.29 is 4.68 Å². The van der Waals surface area contributed by atoms with Crippen LogP contribution in [0.25, 0.3) is 22.4 Å². The lowest BCUT2D eigenvalue weighted by atomic mass is 10.1. The van der Waals surface area contributed by atoms with E-state index in [1.54, 1.807) is 6.20 Å². The Kier molecular flexibility index (Phi) is 3.75. The first kappa shape index (κ1) is 14.8. The van der Waals surface area contributed by atoms with Crippen LogP contribution >= 0.6 is 11.6 Å². The van der Waals surface area contributed by atoms with E-state index in [-0.39, 0.29) is 0 Å². The highest BCUT2D eigenvalue weighted by Crippen LogP contribution is 2.22. The van der Waals surface area contributed by atoms with Crippen molar-refractivity contribution in [3.63, 3.8) is 0 Å². The topological polar surface area (TPSA) is 45.5 Å². The van der Waals surface area contributed by atoms with Crippen molar-refractivity contribution >= 4 is 22.6 Å². The van der Waals surface area contributed by atoms with E-state index < -0.39 is 0 Å². The molecule has 4 rings (SSSR count). The van der Waals surface area contributed by atoms with Gasteiger partial charge in [0.05, 0.1) is 0 Å². The van der Waals surface area contributed by atoms with Crippen molar-refractivity contribution in [1.82, 2.24) is 15.1 Å². The quantitative estimate of drug-likeness (QED) is 0.577. The van der Waals surface area contributed by atoms with Crippen molar-refractivity contribution in [2.24, 2.45) is 0 Å². The van der Waals surface area contributed by atoms with Crippen LogP contribution < -0.4 is 4.68 Å². The summed E-state index contributed by atoms with van der Waals surface area (Å²) in [7, 11) is 0. The zero-order valence-electron chi connectivity index (χ0n) is 13.2. The third-order valence-corrected chi connectivity index (χ3v) is 4.28. The number of aryl methyl sites for hydroxylation is 1. The highest BCUT2D eigenvalue weighted by atomic mass is 35.5. The zero-order valence-corrected chi connectivity index (χ0v) is 14.0. The van der Waals surface area contributed by atoms with Crippen LogP contribution in [-0.4, -0.2) is 15.1 Å². The summed E-state index contributed by atoms with van der Waals surface area (Å²) in [5, 5.41) is 5.19. The molecule has 0 radical (unpaired) electrons. The van der Waals surface area contributed by atoms with Crippen LogP contribution in [0.1, 0.15) is 11.1 Å². The number of nitrogens with zero attached hydrogens (tertiary/aromatic N) is 3. The van der Waals surface area contributed by atoms with E-state index in [0.29, 0.717) is 6.54 Å². The highest BCUT2D eigenvalue weighted by Gasteiger charge is 2.12. The molecule has 0 bridgehead atoms. The number of hydrogen-bond acceptors (Lipinski definition) is 2. The summed E-state index contributed by atoms with van der Waals surface area (Å²) < 4.78 is 1.89. The minimum Gasteiger partial charge on any atom is -0.333 e. The van der Waals surface area contributed by atoms with E-state index >= 15 is 0 Å². The van der Waals surface area contributed by atoms with Crippen LogP contribution in [0.3, 0.4) is 0 Å². The Balaban J connectivity index is 1.68. The number of rotatable bonds is 3. The molecule has 118 valence electrons. The van der Waals surface area contributed by atoms with Crippen LogP contribution in [0.2, 0.25) is 5.02 Å². The summed E-state index contributed by atoms with van der Waals surface area (Å²) in [6, 6.07) is 16.0. The largest absolute Gasteiger partial charge is 0.333 e. The number of hydrogen-bond donors (Lipinski definition) is 1. The second-order valence-corrected chi connectivity index (χ2v) is 6.23. The fourth-order valence-electron chi connectivity index (χ4n) is 2.74. The normalized spacial score (nSPS) is 11.1. The molecule has 0 aliphatic heterocycles. The van der Waals surface area contributed by atoms with Crippen molar-refractivity contribution in [2.75, 3.05) is 0 Å². The second kappa shape index (κ2) is 6.06. The predicted octanol–water partition coefficient (Wildman–Crippen LogP) is 3.92. The molecule has 0 unspecified atom stereocenters. The predicted molar refractivity (Wildman–Crippen MR) is 94.8 cm³/mol. The summed E-state index contributed by atoms with van der Waals surface area (Å²) in [6.07, 6.45) is 3.78. The molecule has 24 heavy (non-hydrogen) atoms. The fraction of sp³-hybridized carbons (Fsp3) is 0.105. The van der Waals surface area contributed by atoms with Crippen molar-refractivity contribution in [2.45, 2.75) is 13.5 Å². The summed E-state index contributed by atoms with van der Waals surface area (Å²) in [6.45, 7) is 2.77. The first-order valence-electron chi connectivity index (χ1n) is 7.75. The fourth-order valence-corrected chi connectivity index (χ4v) is 2.86. The van der Waals surface area contributed by atoms with E-state index in [1.807, 2.05) is 47.3 Å². The average molecular weight is 336 g/mol. The number of aromatic nitrogens is 4. The maximum absolute atomic E-state index is 5.93.